The third kappa shape index (κ3) is 15.6. The number of hydrogen-bond donors (Lipinski definition) is 0. The minimum absolute atomic E-state index is 0. The smallest absolute Gasteiger partial charge is 0.0809 e. The quantitative estimate of drug-likeness (QED) is 0.349. The van der Waals surface area contributed by atoms with Gasteiger partial charge in [-0.1, -0.05) is 18.7 Å². The normalized spacial score (nSPS) is 9.48. The van der Waals surface area contributed by atoms with Crippen molar-refractivity contribution in [2.24, 2.45) is 0 Å². The first kappa shape index (κ1) is 28.1. The molecule has 0 heterocycles. The summed E-state index contributed by atoms with van der Waals surface area (Å²) >= 11 is 0.750. The Kier molecular flexibility index (Phi) is 21.0. The van der Waals surface area contributed by atoms with Crippen molar-refractivity contribution in [3.05, 3.63) is 42.5 Å². The van der Waals surface area contributed by atoms with Crippen LogP contribution in [0.5, 0.6) is 0 Å². The molecule has 23 heavy (non-hydrogen) atoms. The van der Waals surface area contributed by atoms with Crippen LogP contribution in [0.15, 0.2) is 42.5 Å². The molecule has 0 saturated heterocycles. The summed E-state index contributed by atoms with van der Waals surface area (Å²) in [7, 11) is -0.118. The fourth-order valence-electron chi connectivity index (χ4n) is 1.70. The fourth-order valence-corrected chi connectivity index (χ4v) is 2.95. The van der Waals surface area contributed by atoms with Gasteiger partial charge in [0.05, 0.1) is 0 Å². The Balaban J connectivity index is -0.000000291. The first-order valence-electron chi connectivity index (χ1n) is 7.12. The van der Waals surface area contributed by atoms with E-state index >= 15 is 0 Å². The molecule has 0 aliphatic carbocycles. The maximum Gasteiger partial charge on any atom is -0.0809 e. The molecule has 0 fully saturated rings. The van der Waals surface area contributed by atoms with Crippen molar-refractivity contribution in [2.75, 3.05) is 6.61 Å². The standard InChI is InChI=1S/C9H7.C7H18OSi2.2ClH.O.Ti/c1-2-5-9-7-3-6-8(9)4-1;1-9-7-5-6-8-10(2,3)4;;;;/h1-7H;5-7H2,1-4H3;2*1H;;/q-1;;;;;+1. The van der Waals surface area contributed by atoms with E-state index in [1.807, 2.05) is 0 Å². The third-order valence-corrected chi connectivity index (χ3v) is 4.58. The molecule has 129 valence electrons. The van der Waals surface area contributed by atoms with E-state index in [4.69, 9.17) is 7.75 Å². The summed E-state index contributed by atoms with van der Waals surface area (Å²) in [5.41, 5.74) is 0. The second-order valence-corrected chi connectivity index (χ2v) is 11.3. The van der Waals surface area contributed by atoms with Gasteiger partial charge in [0.25, 0.3) is 0 Å². The van der Waals surface area contributed by atoms with Crippen LogP contribution in [0, 0.1) is 0 Å². The zero-order chi connectivity index (χ0) is 16.1. The Hall–Kier alpha value is 0.318. The molecule has 2 radical (unpaired) electrons. The number of halogens is 2. The maximum absolute atomic E-state index is 8.25. The second-order valence-electron chi connectivity index (χ2n) is 5.57. The van der Waals surface area contributed by atoms with Gasteiger partial charge in [-0.25, -0.2) is 0 Å². The maximum atomic E-state index is 8.25. The topological polar surface area (TPSA) is 26.3 Å². The minimum Gasteiger partial charge on any atom is -0.168 e. The molecule has 0 bridgehead atoms. The van der Waals surface area contributed by atoms with E-state index in [1.165, 1.54) is 23.2 Å². The van der Waals surface area contributed by atoms with Gasteiger partial charge in [-0.05, 0) is 26.1 Å². The summed E-state index contributed by atoms with van der Waals surface area (Å²) in [6, 6.07) is 16.0. The van der Waals surface area contributed by atoms with Crippen molar-refractivity contribution < 1.29 is 28.2 Å². The number of hydrogen-bond acceptors (Lipinski definition) is 2. The van der Waals surface area contributed by atoms with Gasteiger partial charge >= 0.3 is 23.7 Å². The van der Waals surface area contributed by atoms with Gasteiger partial charge < -0.3 is 4.43 Å². The van der Waals surface area contributed by atoms with E-state index in [0.717, 1.165) is 36.5 Å². The van der Waals surface area contributed by atoms with Crippen LogP contribution in [0.25, 0.3) is 10.8 Å². The molecule has 0 aliphatic heterocycles. The average Bonchev–Trinajstić information content (AvgIpc) is 2.94. The Bertz CT molecular complexity index is 460. The van der Waals surface area contributed by atoms with Crippen molar-refractivity contribution >= 4 is 53.4 Å². The van der Waals surface area contributed by atoms with Gasteiger partial charge in [0.1, 0.15) is 0 Å². The molecule has 2 aromatic rings. The number of benzene rings is 1. The van der Waals surface area contributed by atoms with E-state index in [2.05, 4.69) is 68.7 Å². The Labute approximate surface area is 168 Å². The number of rotatable bonds is 5. The molecule has 0 unspecified atom stereocenters. The second kappa shape index (κ2) is 17.2. The summed E-state index contributed by atoms with van der Waals surface area (Å²) in [5.74, 6) is 0. The molecule has 2 rings (SSSR count). The van der Waals surface area contributed by atoms with Crippen LogP contribution < -0.4 is 0 Å². The molecule has 0 amide bonds. The van der Waals surface area contributed by atoms with E-state index in [9.17, 15) is 0 Å². The van der Waals surface area contributed by atoms with Crippen molar-refractivity contribution in [1.82, 2.24) is 0 Å². The summed E-state index contributed by atoms with van der Waals surface area (Å²) in [6.07, 6.45) is 1.25. The van der Waals surface area contributed by atoms with Gasteiger partial charge in [0.2, 0.25) is 0 Å². The van der Waals surface area contributed by atoms with E-state index in [0.29, 0.717) is 0 Å². The van der Waals surface area contributed by atoms with E-state index in [1.54, 1.807) is 0 Å². The van der Waals surface area contributed by atoms with Gasteiger partial charge in [-0.3, -0.25) is 0 Å². The molecule has 2 aromatic carbocycles. The SMILES string of the molecule is C[Si]CCCO[Si](C)(C)C.Cl.Cl.[O]=[Ti+].c1ccc2[cH-]ccc2c1. The van der Waals surface area contributed by atoms with Crippen LogP contribution in [0.1, 0.15) is 6.42 Å². The predicted molar refractivity (Wildman–Crippen MR) is 105 cm³/mol. The van der Waals surface area contributed by atoms with Crippen LogP contribution in [-0.2, 0) is 28.2 Å². The first-order valence-corrected chi connectivity index (χ1v) is 12.9. The average molecular weight is 426 g/mol. The van der Waals surface area contributed by atoms with Crippen molar-refractivity contribution in [2.45, 2.75) is 38.7 Å². The van der Waals surface area contributed by atoms with E-state index in [-0.39, 0.29) is 24.8 Å². The zero-order valence-corrected chi connectivity index (χ0v) is 19.5. The zero-order valence-electron chi connectivity index (χ0n) is 14.3. The largest absolute Gasteiger partial charge is 0.168 e. The number of fused-ring (bicyclic) bond motifs is 1. The van der Waals surface area contributed by atoms with Crippen LogP contribution in [0.2, 0.25) is 32.2 Å². The molecule has 0 aromatic heterocycles. The van der Waals surface area contributed by atoms with Gasteiger partial charge in [0, 0.05) is 16.1 Å². The summed E-state index contributed by atoms with van der Waals surface area (Å²) in [5, 5.41) is 2.66. The summed E-state index contributed by atoms with van der Waals surface area (Å²) in [4.78, 5) is 0. The Morgan fingerprint density at radius 1 is 1.13 bits per heavy atom. The van der Waals surface area contributed by atoms with Crippen LogP contribution in [0.4, 0.5) is 0 Å². The monoisotopic (exact) mass is 425 g/mol. The minimum atomic E-state index is -1.20. The van der Waals surface area contributed by atoms with Crippen LogP contribution in [0.3, 0.4) is 0 Å². The molecule has 2 nitrogen and oxygen atoms in total. The molecular formula is C16H27Cl2O2Si2Ti. The molecule has 0 spiro atoms. The molecule has 7 heteroatoms. The van der Waals surface area contributed by atoms with Gasteiger partial charge in [-0.2, -0.15) is 17.5 Å². The first-order chi connectivity index (χ1) is 10.0. The predicted octanol–water partition coefficient (Wildman–Crippen LogP) is 5.68. The van der Waals surface area contributed by atoms with Gasteiger partial charge in [-0.15, -0.1) is 54.5 Å². The fraction of sp³-hybridized carbons (Fsp3) is 0.438. The molecule has 0 aliphatic rings. The summed E-state index contributed by atoms with van der Waals surface area (Å²) < 4.78 is 13.9. The molecule has 0 saturated carbocycles. The molecular weight excluding hydrogens is 399 g/mol. The molecule has 0 atom stereocenters. The third-order valence-electron chi connectivity index (χ3n) is 2.65. The van der Waals surface area contributed by atoms with Crippen molar-refractivity contribution in [3.63, 3.8) is 0 Å². The Morgan fingerprint density at radius 3 is 2.26 bits per heavy atom. The van der Waals surface area contributed by atoms with Gasteiger partial charge in [0.15, 0.2) is 8.32 Å². The molecule has 0 N–H and O–H groups in total. The Morgan fingerprint density at radius 2 is 1.74 bits per heavy atom. The van der Waals surface area contributed by atoms with Crippen LogP contribution >= 0.6 is 24.8 Å². The van der Waals surface area contributed by atoms with Crippen molar-refractivity contribution in [1.29, 1.82) is 0 Å². The summed E-state index contributed by atoms with van der Waals surface area (Å²) in [6.45, 7) is 9.94. The van der Waals surface area contributed by atoms with Crippen LogP contribution in [-0.4, -0.2) is 24.4 Å². The van der Waals surface area contributed by atoms with Crippen molar-refractivity contribution in [3.8, 4) is 0 Å². The van der Waals surface area contributed by atoms with E-state index < -0.39 is 8.32 Å².